The second-order valence-electron chi connectivity index (χ2n) is 5.70. The van der Waals surface area contributed by atoms with Gasteiger partial charge in [0.25, 0.3) is 0 Å². The number of hydrogen-bond acceptors (Lipinski definition) is 4. The number of aliphatic hydroxyl groups excluding tert-OH is 1. The van der Waals surface area contributed by atoms with E-state index in [4.69, 9.17) is 0 Å². The molecule has 21 heavy (non-hydrogen) atoms. The van der Waals surface area contributed by atoms with Crippen LogP contribution < -0.4 is 51.4 Å². The summed E-state index contributed by atoms with van der Waals surface area (Å²) in [7, 11) is -4.28. The SMILES string of the molecule is CCCCCCCCC(O)CC(CCCC)S(=O)(=O)[O-].[K+]. The summed E-state index contributed by atoms with van der Waals surface area (Å²) < 4.78 is 33.5. The first-order valence-corrected chi connectivity index (χ1v) is 9.51. The van der Waals surface area contributed by atoms with E-state index in [1.165, 1.54) is 25.7 Å². The molecule has 4 nitrogen and oxygen atoms in total. The Morgan fingerprint density at radius 1 is 0.905 bits per heavy atom. The fourth-order valence-corrected chi connectivity index (χ4v) is 3.31. The Morgan fingerprint density at radius 3 is 1.95 bits per heavy atom. The van der Waals surface area contributed by atoms with Crippen LogP contribution in [-0.4, -0.2) is 29.4 Å². The van der Waals surface area contributed by atoms with Gasteiger partial charge in [-0.25, -0.2) is 8.42 Å². The van der Waals surface area contributed by atoms with Crippen molar-refractivity contribution >= 4 is 10.1 Å². The maximum atomic E-state index is 11.2. The van der Waals surface area contributed by atoms with Crippen molar-refractivity contribution in [1.82, 2.24) is 0 Å². The minimum absolute atomic E-state index is 0. The molecule has 6 heteroatoms. The zero-order valence-electron chi connectivity index (χ0n) is 14.0. The fourth-order valence-electron chi connectivity index (χ4n) is 2.39. The van der Waals surface area contributed by atoms with Gasteiger partial charge in [-0.3, -0.25) is 0 Å². The summed E-state index contributed by atoms with van der Waals surface area (Å²) in [4.78, 5) is 0. The van der Waals surface area contributed by atoms with E-state index in [1.54, 1.807) is 0 Å². The van der Waals surface area contributed by atoms with Crippen LogP contribution in [0.2, 0.25) is 0 Å². The molecule has 0 rings (SSSR count). The third-order valence-electron chi connectivity index (χ3n) is 3.71. The summed E-state index contributed by atoms with van der Waals surface area (Å²) in [5.41, 5.74) is 0. The van der Waals surface area contributed by atoms with Gasteiger partial charge in [-0.1, -0.05) is 65.2 Å². The van der Waals surface area contributed by atoms with Gasteiger partial charge >= 0.3 is 51.4 Å². The van der Waals surface area contributed by atoms with Gasteiger partial charge in [-0.05, 0) is 19.3 Å². The van der Waals surface area contributed by atoms with Crippen LogP contribution in [0.5, 0.6) is 0 Å². The summed E-state index contributed by atoms with van der Waals surface area (Å²) >= 11 is 0. The second-order valence-corrected chi connectivity index (χ2v) is 7.36. The van der Waals surface area contributed by atoms with Crippen molar-refractivity contribution in [1.29, 1.82) is 0 Å². The number of aliphatic hydroxyl groups is 1. The van der Waals surface area contributed by atoms with Crippen molar-refractivity contribution < 1.29 is 69.5 Å². The molecular weight excluding hydrogens is 315 g/mol. The first kappa shape index (κ1) is 24.8. The minimum Gasteiger partial charge on any atom is -0.748 e. The molecule has 2 atom stereocenters. The fraction of sp³-hybridized carbons (Fsp3) is 1.00. The predicted octanol–water partition coefficient (Wildman–Crippen LogP) is 0.596. The Bertz CT molecular complexity index is 320. The molecule has 0 aromatic carbocycles. The molecular formula is C15H31KO4S. The zero-order valence-corrected chi connectivity index (χ0v) is 18.0. The molecule has 0 radical (unpaired) electrons. The molecule has 0 aliphatic heterocycles. The molecule has 1 N–H and O–H groups in total. The van der Waals surface area contributed by atoms with E-state index in [1.807, 2.05) is 6.92 Å². The van der Waals surface area contributed by atoms with Gasteiger partial charge in [0.2, 0.25) is 0 Å². The van der Waals surface area contributed by atoms with Crippen molar-refractivity contribution in [3.05, 3.63) is 0 Å². The van der Waals surface area contributed by atoms with E-state index in [0.717, 1.165) is 25.7 Å². The van der Waals surface area contributed by atoms with Crippen LogP contribution in [-0.2, 0) is 10.1 Å². The van der Waals surface area contributed by atoms with E-state index >= 15 is 0 Å². The Kier molecular flexibility index (Phi) is 17.8. The summed E-state index contributed by atoms with van der Waals surface area (Å²) in [5, 5.41) is 8.96. The molecule has 0 amide bonds. The molecule has 0 bridgehead atoms. The van der Waals surface area contributed by atoms with Crippen LogP contribution in [0.4, 0.5) is 0 Å². The molecule has 0 fully saturated rings. The maximum Gasteiger partial charge on any atom is 1.00 e. The van der Waals surface area contributed by atoms with E-state index in [2.05, 4.69) is 6.92 Å². The number of hydrogen-bond donors (Lipinski definition) is 1. The topological polar surface area (TPSA) is 77.4 Å². The molecule has 0 aliphatic rings. The van der Waals surface area contributed by atoms with Crippen LogP contribution in [0, 0.1) is 0 Å². The second kappa shape index (κ2) is 15.1. The molecule has 122 valence electrons. The average Bonchev–Trinajstić information content (AvgIpc) is 2.37. The van der Waals surface area contributed by atoms with Gasteiger partial charge in [-0.2, -0.15) is 0 Å². The minimum atomic E-state index is -4.28. The quantitative estimate of drug-likeness (QED) is 0.301. The Balaban J connectivity index is 0. The smallest absolute Gasteiger partial charge is 0.748 e. The van der Waals surface area contributed by atoms with Gasteiger partial charge in [0, 0.05) is 0 Å². The number of unbranched alkanes of at least 4 members (excludes halogenated alkanes) is 6. The monoisotopic (exact) mass is 346 g/mol. The van der Waals surface area contributed by atoms with Crippen LogP contribution >= 0.6 is 0 Å². The number of rotatable bonds is 13. The first-order valence-electron chi connectivity index (χ1n) is 8.04. The zero-order chi connectivity index (χ0) is 15.4. The van der Waals surface area contributed by atoms with Crippen molar-refractivity contribution in [2.45, 2.75) is 95.8 Å². The molecule has 0 saturated carbocycles. The molecule has 0 aromatic rings. The Morgan fingerprint density at radius 2 is 1.43 bits per heavy atom. The van der Waals surface area contributed by atoms with E-state index < -0.39 is 21.5 Å². The summed E-state index contributed by atoms with van der Waals surface area (Å²) in [5.74, 6) is 0. The molecule has 0 aliphatic carbocycles. The van der Waals surface area contributed by atoms with E-state index in [0.29, 0.717) is 12.8 Å². The first-order chi connectivity index (χ1) is 9.41. The largest absolute Gasteiger partial charge is 1.00 e. The van der Waals surface area contributed by atoms with Crippen LogP contribution in [0.15, 0.2) is 0 Å². The van der Waals surface area contributed by atoms with Crippen molar-refractivity contribution in [3.63, 3.8) is 0 Å². The predicted molar refractivity (Wildman–Crippen MR) is 81.6 cm³/mol. The van der Waals surface area contributed by atoms with Crippen LogP contribution in [0.3, 0.4) is 0 Å². The normalized spacial score (nSPS) is 14.5. The van der Waals surface area contributed by atoms with Gasteiger partial charge in [0.15, 0.2) is 0 Å². The van der Waals surface area contributed by atoms with Crippen molar-refractivity contribution in [3.8, 4) is 0 Å². The Labute approximate surface area is 173 Å². The molecule has 0 heterocycles. The third-order valence-corrected chi connectivity index (χ3v) is 4.96. The average molecular weight is 347 g/mol. The molecule has 0 saturated heterocycles. The van der Waals surface area contributed by atoms with Gasteiger partial charge in [0.1, 0.15) is 0 Å². The Hall–Kier alpha value is 1.51. The van der Waals surface area contributed by atoms with Crippen molar-refractivity contribution in [2.24, 2.45) is 0 Å². The van der Waals surface area contributed by atoms with E-state index in [9.17, 15) is 18.1 Å². The third kappa shape index (κ3) is 14.8. The maximum absolute atomic E-state index is 11.2. The van der Waals surface area contributed by atoms with Crippen LogP contribution in [0.25, 0.3) is 0 Å². The summed E-state index contributed by atoms with van der Waals surface area (Å²) in [6, 6.07) is 0. The van der Waals surface area contributed by atoms with Crippen LogP contribution in [0.1, 0.15) is 84.5 Å². The van der Waals surface area contributed by atoms with E-state index in [-0.39, 0.29) is 57.8 Å². The van der Waals surface area contributed by atoms with Gasteiger partial charge < -0.3 is 9.66 Å². The van der Waals surface area contributed by atoms with Gasteiger partial charge in [0.05, 0.1) is 21.5 Å². The molecule has 0 aromatic heterocycles. The summed E-state index contributed by atoms with van der Waals surface area (Å²) in [6.07, 6.45) is 8.81. The van der Waals surface area contributed by atoms with Gasteiger partial charge in [-0.15, -0.1) is 0 Å². The molecule has 0 spiro atoms. The summed E-state index contributed by atoms with van der Waals surface area (Å²) in [6.45, 7) is 4.13. The van der Waals surface area contributed by atoms with Crippen molar-refractivity contribution in [2.75, 3.05) is 0 Å². The standard InChI is InChI=1S/C15H32O4S.K/c1-3-5-7-8-9-10-11-14(16)13-15(12-6-4-2)20(17,18)19;/h14-16H,3-13H2,1-2H3,(H,17,18,19);/q;+1/p-1. The molecule has 2 unspecified atom stereocenters.